The van der Waals surface area contributed by atoms with Crippen LogP contribution in [0.15, 0.2) is 24.3 Å². The van der Waals surface area contributed by atoms with E-state index in [4.69, 9.17) is 16.3 Å². The zero-order chi connectivity index (χ0) is 16.2. The first kappa shape index (κ1) is 16.8. The second-order valence-corrected chi connectivity index (χ2v) is 7.89. The maximum atomic E-state index is 12.2. The van der Waals surface area contributed by atoms with Gasteiger partial charge in [-0.25, -0.2) is 0 Å². The van der Waals surface area contributed by atoms with Crippen LogP contribution in [-0.2, 0) is 22.4 Å². The molecule has 1 saturated carbocycles. The standard InChI is InChI=1S/C20H27ClO2/c1-23-20(22)18-12-16-8-4-14(5-9-16)2-3-15-6-10-17(11-7-15)13-19(18)21/h6-7,10-11,14,16,18-19H,2-5,8-9,12-13H2,1H3. The Hall–Kier alpha value is -1.02. The van der Waals surface area contributed by atoms with Gasteiger partial charge in [0.1, 0.15) is 0 Å². The second kappa shape index (κ2) is 7.70. The number of alkyl halides is 1. The van der Waals surface area contributed by atoms with Crippen LogP contribution in [0.3, 0.4) is 0 Å². The molecule has 0 heterocycles. The van der Waals surface area contributed by atoms with Gasteiger partial charge in [-0.2, -0.15) is 0 Å². The molecule has 3 heteroatoms. The van der Waals surface area contributed by atoms with Gasteiger partial charge in [-0.1, -0.05) is 49.9 Å². The summed E-state index contributed by atoms with van der Waals surface area (Å²) in [7, 11) is 1.48. The van der Waals surface area contributed by atoms with Crippen molar-refractivity contribution in [3.8, 4) is 0 Å². The molecule has 0 aliphatic heterocycles. The third kappa shape index (κ3) is 4.29. The zero-order valence-electron chi connectivity index (χ0n) is 14.0. The van der Waals surface area contributed by atoms with Crippen LogP contribution in [0.2, 0.25) is 0 Å². The lowest BCUT2D eigenvalue weighted by atomic mass is 9.75. The van der Waals surface area contributed by atoms with Crippen molar-refractivity contribution in [3.05, 3.63) is 35.4 Å². The molecule has 0 aromatic heterocycles. The highest BCUT2D eigenvalue weighted by molar-refractivity contribution is 6.22. The van der Waals surface area contributed by atoms with E-state index in [2.05, 4.69) is 24.3 Å². The molecule has 5 aliphatic rings. The van der Waals surface area contributed by atoms with Crippen LogP contribution in [0.4, 0.5) is 0 Å². The van der Waals surface area contributed by atoms with Gasteiger partial charge >= 0.3 is 5.97 Å². The SMILES string of the molecule is COC(=O)C1CC2CCC(CCc3ccc(cc3)CC1Cl)CC2. The average molecular weight is 335 g/mol. The van der Waals surface area contributed by atoms with Crippen molar-refractivity contribution in [2.75, 3.05) is 7.11 Å². The normalized spacial score (nSPS) is 31.6. The Bertz CT molecular complexity index is 517. The summed E-state index contributed by atoms with van der Waals surface area (Å²) in [5, 5.41) is -0.186. The van der Waals surface area contributed by atoms with Crippen LogP contribution < -0.4 is 0 Å². The second-order valence-electron chi connectivity index (χ2n) is 7.33. The maximum absolute atomic E-state index is 12.2. The van der Waals surface area contributed by atoms with Gasteiger partial charge in [0.25, 0.3) is 0 Å². The fourth-order valence-corrected chi connectivity index (χ4v) is 4.62. The van der Waals surface area contributed by atoms with Crippen LogP contribution in [0.25, 0.3) is 0 Å². The highest BCUT2D eigenvalue weighted by Crippen LogP contribution is 2.37. The quantitative estimate of drug-likeness (QED) is 0.546. The fraction of sp³-hybridized carbons (Fsp3) is 0.650. The molecular weight excluding hydrogens is 308 g/mol. The van der Waals surface area contributed by atoms with Crippen molar-refractivity contribution >= 4 is 17.6 Å². The van der Waals surface area contributed by atoms with E-state index in [-0.39, 0.29) is 17.3 Å². The molecule has 0 spiro atoms. The van der Waals surface area contributed by atoms with Crippen LogP contribution in [-0.4, -0.2) is 18.5 Å². The van der Waals surface area contributed by atoms with Crippen molar-refractivity contribution in [1.29, 1.82) is 0 Å². The summed E-state index contributed by atoms with van der Waals surface area (Å²) in [6.45, 7) is 0. The number of benzene rings is 1. The predicted octanol–water partition coefficient (Wildman–Crippen LogP) is 4.77. The van der Waals surface area contributed by atoms with E-state index in [1.54, 1.807) is 0 Å². The minimum Gasteiger partial charge on any atom is -0.469 e. The van der Waals surface area contributed by atoms with E-state index < -0.39 is 0 Å². The minimum atomic E-state index is -0.189. The predicted molar refractivity (Wildman–Crippen MR) is 93.7 cm³/mol. The Labute approximate surface area is 144 Å². The number of esters is 1. The van der Waals surface area contributed by atoms with E-state index >= 15 is 0 Å². The first-order valence-electron chi connectivity index (χ1n) is 8.95. The van der Waals surface area contributed by atoms with Crippen molar-refractivity contribution < 1.29 is 9.53 Å². The van der Waals surface area contributed by atoms with Crippen molar-refractivity contribution in [3.63, 3.8) is 0 Å². The molecule has 23 heavy (non-hydrogen) atoms. The zero-order valence-corrected chi connectivity index (χ0v) is 14.7. The number of rotatable bonds is 1. The topological polar surface area (TPSA) is 26.3 Å². The van der Waals surface area contributed by atoms with Crippen LogP contribution in [0.1, 0.15) is 49.7 Å². The lowest BCUT2D eigenvalue weighted by Crippen LogP contribution is -2.31. The van der Waals surface area contributed by atoms with Crippen molar-refractivity contribution in [2.45, 2.75) is 56.7 Å². The Morgan fingerprint density at radius 2 is 1.61 bits per heavy atom. The molecule has 2 unspecified atom stereocenters. The molecular formula is C20H27ClO2. The van der Waals surface area contributed by atoms with Gasteiger partial charge < -0.3 is 4.74 Å². The number of carbonyl (C=O) groups excluding carboxylic acids is 1. The average Bonchev–Trinajstić information content (AvgIpc) is 2.59. The smallest absolute Gasteiger partial charge is 0.310 e. The number of carbonyl (C=O) groups is 1. The molecule has 5 aliphatic carbocycles. The van der Waals surface area contributed by atoms with Gasteiger partial charge in [0, 0.05) is 0 Å². The van der Waals surface area contributed by atoms with Crippen molar-refractivity contribution in [1.82, 2.24) is 0 Å². The first-order chi connectivity index (χ1) is 11.2. The molecule has 2 atom stereocenters. The van der Waals surface area contributed by atoms with Gasteiger partial charge in [0.2, 0.25) is 0 Å². The van der Waals surface area contributed by atoms with E-state index in [9.17, 15) is 4.79 Å². The monoisotopic (exact) mass is 334 g/mol. The van der Waals surface area contributed by atoms with E-state index in [0.29, 0.717) is 5.92 Å². The number of methoxy groups -OCH3 is 1. The van der Waals surface area contributed by atoms with Gasteiger partial charge in [0.15, 0.2) is 0 Å². The van der Waals surface area contributed by atoms with Gasteiger partial charge in [0.05, 0.1) is 18.4 Å². The molecule has 126 valence electrons. The Balaban J connectivity index is 1.83. The molecule has 1 fully saturated rings. The summed E-state index contributed by atoms with van der Waals surface area (Å²) in [6, 6.07) is 8.79. The molecule has 2 nitrogen and oxygen atoms in total. The molecule has 4 bridgehead atoms. The third-order valence-corrected chi connectivity index (χ3v) is 6.25. The summed E-state index contributed by atoms with van der Waals surface area (Å²) >= 11 is 6.66. The molecule has 6 rings (SSSR count). The van der Waals surface area contributed by atoms with Gasteiger partial charge in [-0.3, -0.25) is 4.79 Å². The number of ether oxygens (including phenoxy) is 1. The highest BCUT2D eigenvalue weighted by atomic mass is 35.5. The minimum absolute atomic E-state index is 0.143. The number of hydrogen-bond acceptors (Lipinski definition) is 2. The van der Waals surface area contributed by atoms with Gasteiger partial charge in [-0.15, -0.1) is 11.6 Å². The maximum Gasteiger partial charge on any atom is 0.310 e. The molecule has 1 aromatic rings. The highest BCUT2D eigenvalue weighted by Gasteiger charge is 2.32. The Morgan fingerprint density at radius 1 is 1.00 bits per heavy atom. The van der Waals surface area contributed by atoms with Crippen molar-refractivity contribution in [2.24, 2.45) is 17.8 Å². The molecule has 0 saturated heterocycles. The fourth-order valence-electron chi connectivity index (χ4n) is 4.24. The molecule has 0 amide bonds. The first-order valence-corrected chi connectivity index (χ1v) is 9.39. The largest absolute Gasteiger partial charge is 0.469 e. The summed E-state index contributed by atoms with van der Waals surface area (Å²) in [4.78, 5) is 12.2. The summed E-state index contributed by atoms with van der Waals surface area (Å²) < 4.78 is 5.04. The molecule has 0 radical (unpaired) electrons. The number of hydrogen-bond donors (Lipinski definition) is 0. The van der Waals surface area contributed by atoms with Crippen LogP contribution in [0, 0.1) is 17.8 Å². The van der Waals surface area contributed by atoms with E-state index in [0.717, 1.165) is 18.8 Å². The van der Waals surface area contributed by atoms with Gasteiger partial charge in [-0.05, 0) is 48.6 Å². The third-order valence-electron chi connectivity index (χ3n) is 5.79. The Kier molecular flexibility index (Phi) is 5.63. The lowest BCUT2D eigenvalue weighted by molar-refractivity contribution is -0.146. The number of aryl methyl sites for hydroxylation is 1. The number of halogens is 1. The molecule has 0 N–H and O–H groups in total. The van der Waals surface area contributed by atoms with Crippen LogP contribution in [0.5, 0.6) is 0 Å². The molecule has 1 aromatic carbocycles. The Morgan fingerprint density at radius 3 is 2.26 bits per heavy atom. The van der Waals surface area contributed by atoms with E-state index in [1.165, 1.54) is 56.8 Å². The van der Waals surface area contributed by atoms with Crippen LogP contribution >= 0.6 is 11.6 Å². The summed E-state index contributed by atoms with van der Waals surface area (Å²) in [6.07, 6.45) is 9.16. The summed E-state index contributed by atoms with van der Waals surface area (Å²) in [5.41, 5.74) is 2.63. The van der Waals surface area contributed by atoms with E-state index in [1.807, 2.05) is 0 Å². The lowest BCUT2D eigenvalue weighted by Gasteiger charge is -2.32. The summed E-state index contributed by atoms with van der Waals surface area (Å²) in [5.74, 6) is 1.14.